The molecule has 0 bridgehead atoms. The van der Waals surface area contributed by atoms with Crippen LogP contribution in [0.5, 0.6) is 0 Å². The van der Waals surface area contributed by atoms with Crippen LogP contribution >= 0.6 is 11.6 Å². The first-order chi connectivity index (χ1) is 8.58. The van der Waals surface area contributed by atoms with Gasteiger partial charge in [0.05, 0.1) is 0 Å². The van der Waals surface area contributed by atoms with E-state index in [9.17, 15) is 14.4 Å². The number of likely N-dealkylation sites (tertiary alicyclic amines) is 1. The highest BCUT2D eigenvalue weighted by Gasteiger charge is 2.17. The molecule has 2 heterocycles. The van der Waals surface area contributed by atoms with Crippen LogP contribution in [0.4, 0.5) is 0 Å². The van der Waals surface area contributed by atoms with Crippen LogP contribution < -0.4 is 11.2 Å². The lowest BCUT2D eigenvalue weighted by Gasteiger charge is -2.26. The van der Waals surface area contributed by atoms with E-state index in [4.69, 9.17) is 11.6 Å². The zero-order chi connectivity index (χ0) is 13.1. The maximum Gasteiger partial charge on any atom is 0.328 e. The molecule has 6 nitrogen and oxygen atoms in total. The number of piperidine rings is 1. The smallest absolute Gasteiger partial charge is 0.328 e. The van der Waals surface area contributed by atoms with Crippen molar-refractivity contribution in [2.24, 2.45) is 0 Å². The zero-order valence-electron chi connectivity index (χ0n) is 9.82. The molecule has 1 aromatic heterocycles. The number of carbonyl (C=O) groups is 1. The van der Waals surface area contributed by atoms with Gasteiger partial charge in [-0.1, -0.05) is 11.6 Å². The van der Waals surface area contributed by atoms with Gasteiger partial charge in [-0.3, -0.25) is 19.1 Å². The van der Waals surface area contributed by atoms with Crippen LogP contribution in [0.3, 0.4) is 0 Å². The normalized spacial score (nSPS) is 15.7. The quantitative estimate of drug-likeness (QED) is 0.835. The Kier molecular flexibility index (Phi) is 3.86. The Labute approximate surface area is 108 Å². The maximum absolute atomic E-state index is 11.9. The molecular weight excluding hydrogens is 258 g/mol. The second kappa shape index (κ2) is 5.39. The SMILES string of the molecule is O=C(Cn1cc(Cl)c(=O)[nH]c1=O)N1CCCCC1. The number of H-pyrrole nitrogens is 1. The fourth-order valence-electron chi connectivity index (χ4n) is 1.99. The molecule has 0 saturated carbocycles. The number of amides is 1. The predicted molar refractivity (Wildman–Crippen MR) is 66.8 cm³/mol. The minimum Gasteiger partial charge on any atom is -0.341 e. The highest BCUT2D eigenvalue weighted by atomic mass is 35.5. The summed E-state index contributed by atoms with van der Waals surface area (Å²) in [6.45, 7) is 1.37. The molecule has 1 aliphatic rings. The minimum absolute atomic E-state index is 0.0880. The fraction of sp³-hybridized carbons (Fsp3) is 0.545. The summed E-state index contributed by atoms with van der Waals surface area (Å²) in [6, 6.07) is 0. The first-order valence-corrected chi connectivity index (χ1v) is 6.23. The second-order valence-corrected chi connectivity index (χ2v) is 4.71. The summed E-state index contributed by atoms with van der Waals surface area (Å²) in [5.74, 6) is -0.125. The lowest BCUT2D eigenvalue weighted by atomic mass is 10.1. The molecule has 7 heteroatoms. The number of nitrogens with zero attached hydrogens (tertiary/aromatic N) is 2. The Morgan fingerprint density at radius 2 is 1.94 bits per heavy atom. The molecule has 1 aromatic rings. The van der Waals surface area contributed by atoms with Gasteiger partial charge in [-0.05, 0) is 19.3 Å². The monoisotopic (exact) mass is 271 g/mol. The van der Waals surface area contributed by atoms with Crippen LogP contribution in [0.15, 0.2) is 15.8 Å². The molecule has 1 aliphatic heterocycles. The Hall–Kier alpha value is -1.56. The molecule has 1 amide bonds. The van der Waals surface area contributed by atoms with Gasteiger partial charge in [-0.25, -0.2) is 4.79 Å². The molecule has 0 radical (unpaired) electrons. The first-order valence-electron chi connectivity index (χ1n) is 5.85. The second-order valence-electron chi connectivity index (χ2n) is 4.31. The van der Waals surface area contributed by atoms with E-state index in [1.807, 2.05) is 0 Å². The molecular formula is C11H14ClN3O3. The van der Waals surface area contributed by atoms with Gasteiger partial charge in [0.15, 0.2) is 0 Å². The van der Waals surface area contributed by atoms with Crippen molar-refractivity contribution in [3.63, 3.8) is 0 Å². The van der Waals surface area contributed by atoms with Gasteiger partial charge in [0.2, 0.25) is 5.91 Å². The summed E-state index contributed by atoms with van der Waals surface area (Å²) in [6.07, 6.45) is 4.32. The van der Waals surface area contributed by atoms with Crippen molar-refractivity contribution in [3.8, 4) is 0 Å². The van der Waals surface area contributed by atoms with Gasteiger partial charge < -0.3 is 4.90 Å². The van der Waals surface area contributed by atoms with Gasteiger partial charge in [-0.2, -0.15) is 0 Å². The minimum atomic E-state index is -0.636. The van der Waals surface area contributed by atoms with Gasteiger partial charge in [0, 0.05) is 19.3 Å². The molecule has 1 fully saturated rings. The highest BCUT2D eigenvalue weighted by molar-refractivity contribution is 6.30. The summed E-state index contributed by atoms with van der Waals surface area (Å²) >= 11 is 5.63. The Balaban J connectivity index is 2.13. The summed E-state index contributed by atoms with van der Waals surface area (Å²) < 4.78 is 1.13. The zero-order valence-corrected chi connectivity index (χ0v) is 10.6. The molecule has 0 aromatic carbocycles. The van der Waals surface area contributed by atoms with E-state index in [2.05, 4.69) is 4.98 Å². The van der Waals surface area contributed by atoms with Gasteiger partial charge in [0.25, 0.3) is 5.56 Å². The third-order valence-electron chi connectivity index (χ3n) is 2.98. The number of hydrogen-bond donors (Lipinski definition) is 1. The van der Waals surface area contributed by atoms with Crippen LogP contribution in [-0.4, -0.2) is 33.4 Å². The largest absolute Gasteiger partial charge is 0.341 e. The summed E-state index contributed by atoms with van der Waals surface area (Å²) in [7, 11) is 0. The number of carbonyl (C=O) groups excluding carboxylic acids is 1. The molecule has 0 aliphatic carbocycles. The van der Waals surface area contributed by atoms with E-state index in [-0.39, 0.29) is 17.5 Å². The van der Waals surface area contributed by atoms with Crippen LogP contribution in [0, 0.1) is 0 Å². The number of aromatic amines is 1. The molecule has 1 saturated heterocycles. The van der Waals surface area contributed by atoms with E-state index < -0.39 is 11.2 Å². The van der Waals surface area contributed by atoms with Crippen molar-refractivity contribution in [1.29, 1.82) is 0 Å². The number of aromatic nitrogens is 2. The Morgan fingerprint density at radius 1 is 1.28 bits per heavy atom. The van der Waals surface area contributed by atoms with E-state index in [1.165, 1.54) is 6.20 Å². The standard InChI is InChI=1S/C11H14ClN3O3/c12-8-6-15(11(18)13-10(8)17)7-9(16)14-4-2-1-3-5-14/h6H,1-5,7H2,(H,13,17,18). The van der Waals surface area contributed by atoms with Crippen molar-refractivity contribution in [1.82, 2.24) is 14.5 Å². The van der Waals surface area contributed by atoms with Crippen molar-refractivity contribution < 1.29 is 4.79 Å². The molecule has 98 valence electrons. The van der Waals surface area contributed by atoms with Crippen LogP contribution in [0.25, 0.3) is 0 Å². The van der Waals surface area contributed by atoms with Crippen molar-refractivity contribution >= 4 is 17.5 Å². The molecule has 18 heavy (non-hydrogen) atoms. The number of hydrogen-bond acceptors (Lipinski definition) is 3. The summed E-state index contributed by atoms with van der Waals surface area (Å²) in [5, 5.41) is -0.0963. The van der Waals surface area contributed by atoms with Crippen molar-refractivity contribution in [3.05, 3.63) is 32.1 Å². The summed E-state index contributed by atoms with van der Waals surface area (Å²) in [5.41, 5.74) is -1.25. The topological polar surface area (TPSA) is 75.2 Å². The maximum atomic E-state index is 11.9. The first kappa shape index (κ1) is 12.9. The summed E-state index contributed by atoms with van der Waals surface area (Å²) in [4.78, 5) is 38.3. The third kappa shape index (κ3) is 2.81. The molecule has 0 atom stereocenters. The van der Waals surface area contributed by atoms with E-state index in [0.29, 0.717) is 0 Å². The van der Waals surface area contributed by atoms with E-state index >= 15 is 0 Å². The lowest BCUT2D eigenvalue weighted by Crippen LogP contribution is -2.40. The van der Waals surface area contributed by atoms with Gasteiger partial charge >= 0.3 is 5.69 Å². The van der Waals surface area contributed by atoms with Gasteiger partial charge in [-0.15, -0.1) is 0 Å². The number of nitrogens with one attached hydrogen (secondary N) is 1. The lowest BCUT2D eigenvalue weighted by molar-refractivity contribution is -0.132. The van der Waals surface area contributed by atoms with E-state index in [1.54, 1.807) is 4.90 Å². The average molecular weight is 272 g/mol. The molecule has 0 unspecified atom stereocenters. The Morgan fingerprint density at radius 3 is 2.61 bits per heavy atom. The number of halogens is 1. The van der Waals surface area contributed by atoms with Crippen molar-refractivity contribution in [2.45, 2.75) is 25.8 Å². The van der Waals surface area contributed by atoms with Crippen molar-refractivity contribution in [2.75, 3.05) is 13.1 Å². The van der Waals surface area contributed by atoms with Crippen LogP contribution in [-0.2, 0) is 11.3 Å². The Bertz CT molecular complexity index is 557. The molecule has 2 rings (SSSR count). The van der Waals surface area contributed by atoms with E-state index in [0.717, 1.165) is 36.9 Å². The highest BCUT2D eigenvalue weighted by Crippen LogP contribution is 2.09. The third-order valence-corrected chi connectivity index (χ3v) is 3.25. The van der Waals surface area contributed by atoms with Gasteiger partial charge in [0.1, 0.15) is 11.6 Å². The van der Waals surface area contributed by atoms with Crippen LogP contribution in [0.2, 0.25) is 5.02 Å². The molecule has 1 N–H and O–H groups in total. The molecule has 0 spiro atoms. The number of rotatable bonds is 2. The predicted octanol–water partition coefficient (Wildman–Crippen LogP) is 0.202. The fourth-order valence-corrected chi connectivity index (χ4v) is 2.15. The average Bonchev–Trinajstić information content (AvgIpc) is 2.37. The van der Waals surface area contributed by atoms with Crippen LogP contribution in [0.1, 0.15) is 19.3 Å².